The van der Waals surface area contributed by atoms with Gasteiger partial charge in [-0.05, 0) is 23.3 Å². The Morgan fingerprint density at radius 1 is 1.04 bits per heavy atom. The molecule has 0 fully saturated rings. The summed E-state index contributed by atoms with van der Waals surface area (Å²) in [6, 6.07) is 15.6. The summed E-state index contributed by atoms with van der Waals surface area (Å²) in [7, 11) is 0. The van der Waals surface area contributed by atoms with Crippen molar-refractivity contribution in [2.45, 2.75) is 0 Å². The highest BCUT2D eigenvalue weighted by Crippen LogP contribution is 2.33. The molecule has 4 aromatic rings. The van der Waals surface area contributed by atoms with E-state index in [9.17, 15) is 9.90 Å². The Morgan fingerprint density at radius 3 is 2.48 bits per heavy atom. The second kappa shape index (κ2) is 6.29. The van der Waals surface area contributed by atoms with Crippen LogP contribution in [0.5, 0.6) is 0 Å². The van der Waals surface area contributed by atoms with Crippen LogP contribution >= 0.6 is 11.3 Å². The lowest BCUT2D eigenvalue weighted by Gasteiger charge is -2.09. The van der Waals surface area contributed by atoms with E-state index in [1.165, 1.54) is 10.9 Å². The average molecular weight is 348 g/mol. The first-order chi connectivity index (χ1) is 12.2. The number of aromatic nitrogens is 4. The van der Waals surface area contributed by atoms with E-state index < -0.39 is 5.97 Å². The molecule has 0 radical (unpaired) electrons. The van der Waals surface area contributed by atoms with Crippen LogP contribution in [-0.2, 0) is 0 Å². The molecule has 122 valence electrons. The minimum Gasteiger partial charge on any atom is -0.476 e. The molecule has 6 nitrogen and oxygen atoms in total. The summed E-state index contributed by atoms with van der Waals surface area (Å²) in [6.45, 7) is 0. The van der Waals surface area contributed by atoms with E-state index in [0.29, 0.717) is 5.69 Å². The summed E-state index contributed by atoms with van der Waals surface area (Å²) in [4.78, 5) is 15.6. The van der Waals surface area contributed by atoms with E-state index in [1.807, 2.05) is 53.9 Å². The molecule has 4 rings (SSSR count). The third-order valence-electron chi connectivity index (χ3n) is 3.78. The molecule has 25 heavy (non-hydrogen) atoms. The summed E-state index contributed by atoms with van der Waals surface area (Å²) < 4.78 is 1.30. The van der Waals surface area contributed by atoms with Crippen LogP contribution in [0, 0.1) is 0 Å². The SMILES string of the molecule is O=C(O)c1cnnn1-c1ccc(-c2ccccc2-c2nccs2)cc1. The first kappa shape index (κ1) is 15.2. The molecule has 2 aromatic carbocycles. The van der Waals surface area contributed by atoms with Crippen molar-refractivity contribution in [2.75, 3.05) is 0 Å². The fourth-order valence-electron chi connectivity index (χ4n) is 2.63. The van der Waals surface area contributed by atoms with E-state index in [2.05, 4.69) is 15.3 Å². The van der Waals surface area contributed by atoms with Crippen LogP contribution in [-0.4, -0.2) is 31.1 Å². The lowest BCUT2D eigenvalue weighted by Crippen LogP contribution is -2.07. The minimum absolute atomic E-state index is 0.0240. The lowest BCUT2D eigenvalue weighted by molar-refractivity contribution is 0.0687. The van der Waals surface area contributed by atoms with Gasteiger partial charge in [0.2, 0.25) is 0 Å². The molecule has 0 saturated carbocycles. The zero-order chi connectivity index (χ0) is 17.2. The number of rotatable bonds is 4. The van der Waals surface area contributed by atoms with Crippen LogP contribution in [0.2, 0.25) is 0 Å². The molecule has 0 amide bonds. The second-order valence-electron chi connectivity index (χ2n) is 5.27. The molecule has 0 aliphatic rings. The van der Waals surface area contributed by atoms with Crippen LogP contribution in [0.15, 0.2) is 66.3 Å². The fourth-order valence-corrected chi connectivity index (χ4v) is 3.31. The number of aromatic carboxylic acids is 1. The van der Waals surface area contributed by atoms with Crippen molar-refractivity contribution in [1.82, 2.24) is 20.0 Å². The highest BCUT2D eigenvalue weighted by atomic mass is 32.1. The Hall–Kier alpha value is -3.32. The van der Waals surface area contributed by atoms with Crippen LogP contribution in [0.4, 0.5) is 0 Å². The van der Waals surface area contributed by atoms with Gasteiger partial charge in [-0.15, -0.1) is 16.4 Å². The molecule has 0 atom stereocenters. The molecule has 7 heteroatoms. The number of nitrogens with zero attached hydrogens (tertiary/aromatic N) is 4. The molecule has 0 spiro atoms. The van der Waals surface area contributed by atoms with Crippen molar-refractivity contribution < 1.29 is 9.90 Å². The zero-order valence-electron chi connectivity index (χ0n) is 12.9. The fraction of sp³-hybridized carbons (Fsp3) is 0. The quantitative estimate of drug-likeness (QED) is 0.607. The predicted octanol–water partition coefficient (Wildman–Crippen LogP) is 3.76. The van der Waals surface area contributed by atoms with Gasteiger partial charge in [0.25, 0.3) is 0 Å². The maximum atomic E-state index is 11.2. The van der Waals surface area contributed by atoms with Crippen molar-refractivity contribution in [1.29, 1.82) is 0 Å². The first-order valence-corrected chi connectivity index (χ1v) is 8.36. The van der Waals surface area contributed by atoms with Crippen LogP contribution in [0.1, 0.15) is 10.5 Å². The monoisotopic (exact) mass is 348 g/mol. The maximum absolute atomic E-state index is 11.2. The highest BCUT2D eigenvalue weighted by molar-refractivity contribution is 7.13. The molecular formula is C18H12N4O2S. The number of hydrogen-bond donors (Lipinski definition) is 1. The van der Waals surface area contributed by atoms with Crippen molar-refractivity contribution in [2.24, 2.45) is 0 Å². The van der Waals surface area contributed by atoms with Gasteiger partial charge in [-0.25, -0.2) is 14.5 Å². The number of carboxylic acid groups (broad SMARTS) is 1. The molecule has 0 saturated heterocycles. The Labute approximate surface area is 147 Å². The molecular weight excluding hydrogens is 336 g/mol. The second-order valence-corrected chi connectivity index (χ2v) is 6.16. The topological polar surface area (TPSA) is 80.9 Å². The average Bonchev–Trinajstić information content (AvgIpc) is 3.34. The predicted molar refractivity (Wildman–Crippen MR) is 94.9 cm³/mol. The van der Waals surface area contributed by atoms with Crippen LogP contribution in [0.25, 0.3) is 27.4 Å². The maximum Gasteiger partial charge on any atom is 0.356 e. The third kappa shape index (κ3) is 2.81. The Kier molecular flexibility index (Phi) is 3.83. The Bertz CT molecular complexity index is 1020. The summed E-state index contributed by atoms with van der Waals surface area (Å²) >= 11 is 1.59. The van der Waals surface area contributed by atoms with Gasteiger partial charge in [0.15, 0.2) is 5.69 Å². The normalized spacial score (nSPS) is 10.7. The van der Waals surface area contributed by atoms with E-state index in [1.54, 1.807) is 17.5 Å². The van der Waals surface area contributed by atoms with Crippen molar-refractivity contribution >= 4 is 17.3 Å². The molecule has 0 aliphatic carbocycles. The molecule has 2 heterocycles. The van der Waals surface area contributed by atoms with Gasteiger partial charge in [-0.1, -0.05) is 41.6 Å². The van der Waals surface area contributed by atoms with Crippen molar-refractivity contribution in [3.8, 4) is 27.4 Å². The molecule has 0 unspecified atom stereocenters. The van der Waals surface area contributed by atoms with Crippen LogP contribution < -0.4 is 0 Å². The van der Waals surface area contributed by atoms with Crippen molar-refractivity contribution in [3.05, 3.63) is 72.0 Å². The van der Waals surface area contributed by atoms with Gasteiger partial charge in [0, 0.05) is 17.1 Å². The minimum atomic E-state index is -1.07. The van der Waals surface area contributed by atoms with E-state index >= 15 is 0 Å². The summed E-state index contributed by atoms with van der Waals surface area (Å²) in [6.07, 6.45) is 3.02. The molecule has 0 bridgehead atoms. The standard InChI is InChI=1S/C18H12N4O2S/c23-18(24)16-11-20-21-22(16)13-7-5-12(6-8-13)14-3-1-2-4-15(14)17-19-9-10-25-17/h1-11H,(H,23,24). The van der Waals surface area contributed by atoms with Crippen LogP contribution in [0.3, 0.4) is 0 Å². The lowest BCUT2D eigenvalue weighted by atomic mass is 10.00. The van der Waals surface area contributed by atoms with E-state index in [0.717, 1.165) is 21.7 Å². The van der Waals surface area contributed by atoms with Gasteiger partial charge in [0.05, 0.1) is 11.9 Å². The van der Waals surface area contributed by atoms with E-state index in [-0.39, 0.29) is 5.69 Å². The highest BCUT2D eigenvalue weighted by Gasteiger charge is 2.14. The van der Waals surface area contributed by atoms with E-state index in [4.69, 9.17) is 0 Å². The largest absolute Gasteiger partial charge is 0.476 e. The summed E-state index contributed by atoms with van der Waals surface area (Å²) in [5.41, 5.74) is 3.83. The van der Waals surface area contributed by atoms with Gasteiger partial charge in [0.1, 0.15) is 5.01 Å². The third-order valence-corrected chi connectivity index (χ3v) is 4.59. The number of thiazole rings is 1. The zero-order valence-corrected chi connectivity index (χ0v) is 13.7. The number of benzene rings is 2. The van der Waals surface area contributed by atoms with Gasteiger partial charge < -0.3 is 5.11 Å². The van der Waals surface area contributed by atoms with Gasteiger partial charge in [-0.3, -0.25) is 0 Å². The Morgan fingerprint density at radius 2 is 1.80 bits per heavy atom. The molecule has 2 aromatic heterocycles. The molecule has 0 aliphatic heterocycles. The first-order valence-electron chi connectivity index (χ1n) is 7.48. The summed E-state index contributed by atoms with van der Waals surface area (Å²) in [5.74, 6) is -1.07. The Balaban J connectivity index is 1.75. The number of hydrogen-bond acceptors (Lipinski definition) is 5. The van der Waals surface area contributed by atoms with Gasteiger partial charge >= 0.3 is 5.97 Å². The number of carbonyl (C=O) groups is 1. The summed E-state index contributed by atoms with van der Waals surface area (Å²) in [5, 5.41) is 19.6. The van der Waals surface area contributed by atoms with Gasteiger partial charge in [-0.2, -0.15) is 0 Å². The van der Waals surface area contributed by atoms with Crippen molar-refractivity contribution in [3.63, 3.8) is 0 Å². The smallest absolute Gasteiger partial charge is 0.356 e. The number of carboxylic acids is 1. The molecule has 1 N–H and O–H groups in total.